The van der Waals surface area contributed by atoms with Crippen molar-refractivity contribution in [3.8, 4) is 5.75 Å². The van der Waals surface area contributed by atoms with Crippen LogP contribution in [0.2, 0.25) is 0 Å². The quantitative estimate of drug-likeness (QED) is 0.601. The number of aliphatic hydroxyl groups excluding tert-OH is 1. The van der Waals surface area contributed by atoms with Crippen LogP contribution in [0, 0.1) is 12.3 Å². The lowest BCUT2D eigenvalue weighted by molar-refractivity contribution is -0.139. The molecule has 0 bridgehead atoms. The highest BCUT2D eigenvalue weighted by molar-refractivity contribution is 5.71. The Morgan fingerprint density at radius 1 is 1.23 bits per heavy atom. The van der Waals surface area contributed by atoms with Crippen LogP contribution in [0.25, 0.3) is 0 Å². The van der Waals surface area contributed by atoms with Crippen molar-refractivity contribution in [1.29, 1.82) is 0 Å². The molecule has 0 saturated carbocycles. The maximum Gasteiger partial charge on any atom is 0.311 e. The second-order valence-corrected chi connectivity index (χ2v) is 8.86. The average Bonchev–Trinajstić information content (AvgIpc) is 3.16. The molecule has 0 saturated heterocycles. The molecule has 1 N–H and O–H groups in total. The van der Waals surface area contributed by atoms with Gasteiger partial charge in [-0.15, -0.1) is 0 Å². The number of carbonyl (C=O) groups excluding carboxylic acids is 1. The highest BCUT2D eigenvalue weighted by atomic mass is 16.5. The van der Waals surface area contributed by atoms with Crippen molar-refractivity contribution in [2.24, 2.45) is 5.41 Å². The Morgan fingerprint density at radius 3 is 2.43 bits per heavy atom. The van der Waals surface area contributed by atoms with Gasteiger partial charge in [0.1, 0.15) is 18.6 Å². The van der Waals surface area contributed by atoms with E-state index >= 15 is 0 Å². The molecule has 166 valence electrons. The minimum Gasteiger partial charge on any atom is -0.491 e. The van der Waals surface area contributed by atoms with E-state index in [2.05, 4.69) is 24.9 Å². The number of esters is 1. The molecule has 6 nitrogen and oxygen atoms in total. The normalized spacial score (nSPS) is 13.2. The van der Waals surface area contributed by atoms with Crippen LogP contribution in [-0.2, 0) is 21.4 Å². The molecular formula is C24H35NO5. The number of methoxy groups -OCH3 is 1. The first-order valence-corrected chi connectivity index (χ1v) is 10.5. The van der Waals surface area contributed by atoms with Gasteiger partial charge < -0.3 is 19.0 Å². The molecule has 0 radical (unpaired) electrons. The molecule has 0 aliphatic carbocycles. The van der Waals surface area contributed by atoms with Crippen molar-refractivity contribution < 1.29 is 23.8 Å². The predicted octanol–water partition coefficient (Wildman–Crippen LogP) is 4.59. The topological polar surface area (TPSA) is 81.8 Å². The van der Waals surface area contributed by atoms with Gasteiger partial charge in [-0.25, -0.2) is 4.98 Å². The Labute approximate surface area is 179 Å². The zero-order chi connectivity index (χ0) is 22.5. The molecule has 0 fully saturated rings. The molecule has 30 heavy (non-hydrogen) atoms. The molecule has 1 heterocycles. The molecule has 2 rings (SSSR count). The van der Waals surface area contributed by atoms with Crippen LogP contribution in [-0.4, -0.2) is 35.9 Å². The van der Waals surface area contributed by atoms with Gasteiger partial charge >= 0.3 is 5.97 Å². The molecule has 1 aromatic carbocycles. The highest BCUT2D eigenvalue weighted by Crippen LogP contribution is 2.40. The van der Waals surface area contributed by atoms with Crippen molar-refractivity contribution in [2.45, 2.75) is 72.3 Å². The molecular weight excluding hydrogens is 382 g/mol. The fraction of sp³-hybridized carbons (Fsp3) is 0.583. The summed E-state index contributed by atoms with van der Waals surface area (Å²) in [5.74, 6) is 1.01. The minimum atomic E-state index is -0.553. The lowest BCUT2D eigenvalue weighted by Crippen LogP contribution is -2.32. The van der Waals surface area contributed by atoms with Crippen molar-refractivity contribution in [3.63, 3.8) is 0 Å². The molecule has 6 heteroatoms. The second kappa shape index (κ2) is 9.65. The summed E-state index contributed by atoms with van der Waals surface area (Å²) in [6.07, 6.45) is 2.66. The molecule has 0 amide bonds. The van der Waals surface area contributed by atoms with Crippen LogP contribution in [0.15, 0.2) is 28.9 Å². The van der Waals surface area contributed by atoms with E-state index in [1.54, 1.807) is 0 Å². The van der Waals surface area contributed by atoms with E-state index in [-0.39, 0.29) is 24.4 Å². The number of ether oxygens (including phenoxy) is 2. The van der Waals surface area contributed by atoms with Gasteiger partial charge in [0, 0.05) is 0 Å². The zero-order valence-electron chi connectivity index (χ0n) is 19.2. The number of benzene rings is 1. The number of aromatic nitrogens is 1. The van der Waals surface area contributed by atoms with E-state index in [1.807, 2.05) is 39.8 Å². The van der Waals surface area contributed by atoms with E-state index in [0.717, 1.165) is 29.7 Å². The lowest BCUT2D eigenvalue weighted by Gasteiger charge is -2.30. The van der Waals surface area contributed by atoms with Crippen molar-refractivity contribution in [2.75, 3.05) is 13.7 Å². The van der Waals surface area contributed by atoms with Gasteiger partial charge in [0.25, 0.3) is 0 Å². The number of oxazole rings is 1. The van der Waals surface area contributed by atoms with Crippen LogP contribution >= 0.6 is 0 Å². The first-order valence-electron chi connectivity index (χ1n) is 10.5. The Hall–Kier alpha value is -2.34. The molecule has 1 aromatic heterocycles. The molecule has 0 aliphatic rings. The maximum atomic E-state index is 11.6. The SMILES string of the molecule is CCC(CC)(c1ccc(OCC(O)C(C)(C)C)c(C)c1)c1nc(CC(=O)OC)co1. The van der Waals surface area contributed by atoms with E-state index in [0.29, 0.717) is 11.6 Å². The summed E-state index contributed by atoms with van der Waals surface area (Å²) in [5, 5.41) is 10.3. The molecule has 0 aliphatic heterocycles. The summed E-state index contributed by atoms with van der Waals surface area (Å²) < 4.78 is 16.4. The minimum absolute atomic E-state index is 0.0887. The van der Waals surface area contributed by atoms with Crippen molar-refractivity contribution in [1.82, 2.24) is 4.98 Å². The van der Waals surface area contributed by atoms with Crippen LogP contribution in [0.3, 0.4) is 0 Å². The summed E-state index contributed by atoms with van der Waals surface area (Å²) in [6.45, 7) is 12.4. The third-order valence-corrected chi connectivity index (χ3v) is 5.85. The number of aryl methyl sites for hydroxylation is 1. The summed E-state index contributed by atoms with van der Waals surface area (Å²) in [5.41, 5.74) is 2.00. The Balaban J connectivity index is 2.29. The largest absolute Gasteiger partial charge is 0.491 e. The Bertz CT molecular complexity index is 846. The monoisotopic (exact) mass is 417 g/mol. The van der Waals surface area contributed by atoms with Crippen LogP contribution in [0.1, 0.15) is 70.2 Å². The van der Waals surface area contributed by atoms with Crippen LogP contribution in [0.4, 0.5) is 0 Å². The maximum absolute atomic E-state index is 11.6. The van der Waals surface area contributed by atoms with Gasteiger partial charge in [0.15, 0.2) is 0 Å². The Kier molecular flexibility index (Phi) is 7.70. The smallest absolute Gasteiger partial charge is 0.311 e. The van der Waals surface area contributed by atoms with Gasteiger partial charge in [-0.1, -0.05) is 46.8 Å². The lowest BCUT2D eigenvalue weighted by atomic mass is 9.75. The predicted molar refractivity (Wildman–Crippen MR) is 116 cm³/mol. The molecule has 1 unspecified atom stereocenters. The number of nitrogens with zero attached hydrogens (tertiary/aromatic N) is 1. The first-order chi connectivity index (χ1) is 14.1. The second-order valence-electron chi connectivity index (χ2n) is 8.86. The third kappa shape index (κ3) is 5.22. The average molecular weight is 418 g/mol. The number of aliphatic hydroxyl groups is 1. The van der Waals surface area contributed by atoms with Gasteiger partial charge in [0.2, 0.25) is 5.89 Å². The number of carbonyl (C=O) groups is 1. The molecule has 2 aromatic rings. The number of rotatable bonds is 9. The van der Waals surface area contributed by atoms with Crippen LogP contribution in [0.5, 0.6) is 5.75 Å². The van der Waals surface area contributed by atoms with Gasteiger partial charge in [-0.05, 0) is 42.4 Å². The van der Waals surface area contributed by atoms with Gasteiger partial charge in [-0.3, -0.25) is 4.79 Å². The highest BCUT2D eigenvalue weighted by Gasteiger charge is 2.36. The van der Waals surface area contributed by atoms with E-state index < -0.39 is 11.5 Å². The first kappa shape index (κ1) is 23.9. The molecule has 0 spiro atoms. The Morgan fingerprint density at radius 2 is 1.90 bits per heavy atom. The summed E-state index contributed by atoms with van der Waals surface area (Å²) in [6, 6.07) is 6.07. The standard InChI is InChI=1S/C24H35NO5/c1-8-24(9-2,22-25-18(14-30-22)13-21(27)28-7)17-10-11-19(16(3)12-17)29-15-20(26)23(4,5)6/h10-12,14,20,26H,8-9,13,15H2,1-7H3. The molecule has 1 atom stereocenters. The summed E-state index contributed by atoms with van der Waals surface area (Å²) in [4.78, 5) is 16.2. The van der Waals surface area contributed by atoms with Crippen molar-refractivity contribution in [3.05, 3.63) is 47.2 Å². The number of hydrogen-bond donors (Lipinski definition) is 1. The third-order valence-electron chi connectivity index (χ3n) is 5.85. The van der Waals surface area contributed by atoms with Crippen molar-refractivity contribution >= 4 is 5.97 Å². The fourth-order valence-electron chi connectivity index (χ4n) is 3.44. The fourth-order valence-corrected chi connectivity index (χ4v) is 3.44. The van der Waals surface area contributed by atoms with E-state index in [4.69, 9.17) is 13.9 Å². The summed E-state index contributed by atoms with van der Waals surface area (Å²) in [7, 11) is 1.36. The van der Waals surface area contributed by atoms with Gasteiger partial charge in [0.05, 0.1) is 30.7 Å². The van der Waals surface area contributed by atoms with E-state index in [1.165, 1.54) is 13.4 Å². The van der Waals surface area contributed by atoms with E-state index in [9.17, 15) is 9.90 Å². The van der Waals surface area contributed by atoms with Crippen LogP contribution < -0.4 is 4.74 Å². The summed E-state index contributed by atoms with van der Waals surface area (Å²) >= 11 is 0. The number of hydrogen-bond acceptors (Lipinski definition) is 6. The zero-order valence-corrected chi connectivity index (χ0v) is 19.2. The van der Waals surface area contributed by atoms with Gasteiger partial charge in [-0.2, -0.15) is 0 Å².